The first-order chi connectivity index (χ1) is 8.04. The average molecular weight is 313 g/mol. The van der Waals surface area contributed by atoms with E-state index in [9.17, 15) is 10.1 Å². The Balaban J connectivity index is 2.87. The first-order valence-electron chi connectivity index (χ1n) is 4.37. The minimum atomic E-state index is -0.529. The largest absolute Gasteiger partial charge is 0.284 e. The number of aromatic nitrogens is 1. The van der Waals surface area contributed by atoms with Gasteiger partial charge in [-0.3, -0.25) is 15.1 Å². The van der Waals surface area contributed by atoms with Gasteiger partial charge in [-0.1, -0.05) is 11.6 Å². The second kappa shape index (κ2) is 4.28. The number of nitro benzene ring substituents is 1. The highest BCUT2D eigenvalue weighted by Crippen LogP contribution is 2.33. The fraction of sp³-hybridized carbons (Fsp3) is 0. The molecular formula is C10H3BrClN3O2. The summed E-state index contributed by atoms with van der Waals surface area (Å²) in [6.45, 7) is 0. The Kier molecular flexibility index (Phi) is 2.96. The van der Waals surface area contributed by atoms with Gasteiger partial charge < -0.3 is 0 Å². The first kappa shape index (κ1) is 11.8. The summed E-state index contributed by atoms with van der Waals surface area (Å²) in [7, 11) is 0. The maximum atomic E-state index is 10.8. The molecule has 0 spiro atoms. The zero-order valence-electron chi connectivity index (χ0n) is 8.15. The average Bonchev–Trinajstić information content (AvgIpc) is 2.28. The molecular weight excluding hydrogens is 309 g/mol. The minimum absolute atomic E-state index is 0.115. The van der Waals surface area contributed by atoms with Crippen molar-refractivity contribution >= 4 is 44.1 Å². The molecule has 17 heavy (non-hydrogen) atoms. The lowest BCUT2D eigenvalue weighted by molar-refractivity contribution is -0.385. The number of halogens is 2. The monoisotopic (exact) mass is 311 g/mol. The molecule has 0 saturated heterocycles. The Bertz CT molecular complexity index is 681. The molecule has 2 rings (SSSR count). The molecule has 84 valence electrons. The molecule has 0 unspecified atom stereocenters. The topological polar surface area (TPSA) is 79.8 Å². The van der Waals surface area contributed by atoms with Crippen molar-refractivity contribution in [3.8, 4) is 6.07 Å². The molecule has 0 fully saturated rings. The van der Waals surface area contributed by atoms with E-state index >= 15 is 0 Å². The Morgan fingerprint density at radius 1 is 1.53 bits per heavy atom. The highest BCUT2D eigenvalue weighted by molar-refractivity contribution is 9.10. The third-order valence-corrected chi connectivity index (χ3v) is 3.23. The third-order valence-electron chi connectivity index (χ3n) is 2.19. The van der Waals surface area contributed by atoms with Crippen LogP contribution >= 0.6 is 27.5 Å². The van der Waals surface area contributed by atoms with E-state index in [1.165, 1.54) is 18.3 Å². The maximum absolute atomic E-state index is 10.8. The number of benzene rings is 1. The molecule has 0 aliphatic heterocycles. The van der Waals surface area contributed by atoms with E-state index in [0.717, 1.165) is 0 Å². The second-order valence-corrected chi connectivity index (χ2v) is 4.41. The van der Waals surface area contributed by atoms with Crippen LogP contribution in [0.5, 0.6) is 0 Å². The summed E-state index contributed by atoms with van der Waals surface area (Å²) in [5, 5.41) is 20.1. The van der Waals surface area contributed by atoms with E-state index in [1.54, 1.807) is 0 Å². The van der Waals surface area contributed by atoms with Crippen molar-refractivity contribution in [1.82, 2.24) is 4.98 Å². The van der Waals surface area contributed by atoms with E-state index in [2.05, 4.69) is 20.9 Å². The molecule has 2 aromatic rings. The van der Waals surface area contributed by atoms with Gasteiger partial charge in [0.1, 0.15) is 6.07 Å². The van der Waals surface area contributed by atoms with Gasteiger partial charge in [-0.15, -0.1) is 0 Å². The zero-order valence-corrected chi connectivity index (χ0v) is 10.5. The van der Waals surface area contributed by atoms with Crippen molar-refractivity contribution in [3.05, 3.63) is 43.5 Å². The molecule has 1 aromatic carbocycles. The molecule has 0 radical (unpaired) electrons. The van der Waals surface area contributed by atoms with Crippen molar-refractivity contribution < 1.29 is 4.92 Å². The van der Waals surface area contributed by atoms with Crippen molar-refractivity contribution in [1.29, 1.82) is 5.26 Å². The van der Waals surface area contributed by atoms with Crippen LogP contribution in [-0.4, -0.2) is 9.91 Å². The summed E-state index contributed by atoms with van der Waals surface area (Å²) >= 11 is 9.06. The number of fused-ring (bicyclic) bond motifs is 1. The predicted octanol–water partition coefficient (Wildman–Crippen LogP) is 3.43. The summed E-state index contributed by atoms with van der Waals surface area (Å²) in [6.07, 6.45) is 1.34. The van der Waals surface area contributed by atoms with Crippen molar-refractivity contribution in [3.63, 3.8) is 0 Å². The van der Waals surface area contributed by atoms with Crippen molar-refractivity contribution in [2.45, 2.75) is 0 Å². The van der Waals surface area contributed by atoms with Crippen LogP contribution < -0.4 is 0 Å². The van der Waals surface area contributed by atoms with Gasteiger partial charge in [0.05, 0.1) is 25.5 Å². The van der Waals surface area contributed by atoms with Gasteiger partial charge in [0, 0.05) is 17.6 Å². The van der Waals surface area contributed by atoms with Gasteiger partial charge in [-0.25, -0.2) is 0 Å². The van der Waals surface area contributed by atoms with Gasteiger partial charge in [-0.2, -0.15) is 5.26 Å². The van der Waals surface area contributed by atoms with E-state index in [-0.39, 0.29) is 16.3 Å². The van der Waals surface area contributed by atoms with Crippen LogP contribution in [0.1, 0.15) is 5.56 Å². The van der Waals surface area contributed by atoms with Crippen LogP contribution in [0.3, 0.4) is 0 Å². The highest BCUT2D eigenvalue weighted by Gasteiger charge is 2.16. The lowest BCUT2D eigenvalue weighted by Crippen LogP contribution is -1.92. The summed E-state index contributed by atoms with van der Waals surface area (Å²) in [5.41, 5.74) is 0.568. The fourth-order valence-corrected chi connectivity index (χ4v) is 2.11. The third kappa shape index (κ3) is 1.95. The summed E-state index contributed by atoms with van der Waals surface area (Å²) in [5.74, 6) is 0. The van der Waals surface area contributed by atoms with Crippen LogP contribution in [0, 0.1) is 21.4 Å². The molecule has 0 saturated carbocycles. The first-order valence-corrected chi connectivity index (χ1v) is 5.54. The number of rotatable bonds is 1. The van der Waals surface area contributed by atoms with E-state index < -0.39 is 4.92 Å². The van der Waals surface area contributed by atoms with E-state index in [4.69, 9.17) is 16.9 Å². The van der Waals surface area contributed by atoms with Crippen LogP contribution in [-0.2, 0) is 0 Å². The molecule has 5 nitrogen and oxygen atoms in total. The van der Waals surface area contributed by atoms with Crippen molar-refractivity contribution in [2.75, 3.05) is 0 Å². The molecule has 0 aliphatic rings. The minimum Gasteiger partial charge on any atom is -0.258 e. The lowest BCUT2D eigenvalue weighted by Gasteiger charge is -2.03. The lowest BCUT2D eigenvalue weighted by atomic mass is 10.1. The SMILES string of the molecule is N#Cc1cnc2cc(Br)c([N+](=O)[O-])cc2c1Cl. The number of hydrogen-bond donors (Lipinski definition) is 0. The van der Waals surface area contributed by atoms with Crippen LogP contribution in [0.2, 0.25) is 5.02 Å². The van der Waals surface area contributed by atoms with Gasteiger partial charge >= 0.3 is 0 Å². The van der Waals surface area contributed by atoms with Crippen LogP contribution in [0.15, 0.2) is 22.8 Å². The number of hydrogen-bond acceptors (Lipinski definition) is 4. The number of pyridine rings is 1. The predicted molar refractivity (Wildman–Crippen MR) is 65.8 cm³/mol. The summed E-state index contributed by atoms with van der Waals surface area (Å²) in [6, 6.07) is 4.68. The molecule has 0 amide bonds. The number of nitrogens with zero attached hydrogens (tertiary/aromatic N) is 3. The molecule has 0 atom stereocenters. The highest BCUT2D eigenvalue weighted by atomic mass is 79.9. The van der Waals surface area contributed by atoms with Gasteiger partial charge in [0.15, 0.2) is 0 Å². The number of nitriles is 1. The fourth-order valence-electron chi connectivity index (χ4n) is 1.39. The zero-order chi connectivity index (χ0) is 12.6. The normalized spacial score (nSPS) is 10.2. The number of nitro groups is 1. The Labute approximate surface area is 109 Å². The van der Waals surface area contributed by atoms with Gasteiger partial charge in [0.2, 0.25) is 0 Å². The molecule has 1 aromatic heterocycles. The Morgan fingerprint density at radius 3 is 2.82 bits per heavy atom. The smallest absolute Gasteiger partial charge is 0.258 e. The molecule has 0 aliphatic carbocycles. The van der Waals surface area contributed by atoms with Gasteiger partial charge in [-0.05, 0) is 22.0 Å². The molecule has 1 heterocycles. The summed E-state index contributed by atoms with van der Waals surface area (Å²) < 4.78 is 0.322. The maximum Gasteiger partial charge on any atom is 0.284 e. The standard InChI is InChI=1S/C10H3BrClN3O2/c11-7-2-8-6(1-9(7)15(16)17)10(12)5(3-13)4-14-8/h1-2,4H. The van der Waals surface area contributed by atoms with Crippen LogP contribution in [0.4, 0.5) is 5.69 Å². The van der Waals surface area contributed by atoms with Crippen molar-refractivity contribution in [2.24, 2.45) is 0 Å². The van der Waals surface area contributed by atoms with E-state index in [0.29, 0.717) is 15.4 Å². The molecule has 0 bridgehead atoms. The van der Waals surface area contributed by atoms with E-state index in [1.807, 2.05) is 6.07 Å². The second-order valence-electron chi connectivity index (χ2n) is 3.18. The summed E-state index contributed by atoms with van der Waals surface area (Å²) in [4.78, 5) is 14.3. The van der Waals surface area contributed by atoms with Gasteiger partial charge in [0.25, 0.3) is 5.69 Å². The Hall–Kier alpha value is -1.71. The molecule has 7 heteroatoms. The Morgan fingerprint density at radius 2 is 2.24 bits per heavy atom. The molecule has 0 N–H and O–H groups in total. The van der Waals surface area contributed by atoms with Crippen LogP contribution in [0.25, 0.3) is 10.9 Å². The quantitative estimate of drug-likeness (QED) is 0.597.